The molecule has 11 heteroatoms. The summed E-state index contributed by atoms with van der Waals surface area (Å²) < 4.78 is 5.62. The summed E-state index contributed by atoms with van der Waals surface area (Å²) in [7, 11) is 0. The van der Waals surface area contributed by atoms with Gasteiger partial charge in [0.15, 0.2) is 0 Å². The van der Waals surface area contributed by atoms with E-state index in [0.717, 1.165) is 44.9 Å². The van der Waals surface area contributed by atoms with Crippen molar-refractivity contribution in [2.45, 2.75) is 95.9 Å². The highest BCUT2D eigenvalue weighted by Crippen LogP contribution is 2.14. The molecule has 0 saturated carbocycles. The molecule has 11 nitrogen and oxygen atoms in total. The molecule has 0 aliphatic heterocycles. The molecule has 0 aromatic heterocycles. The maximum absolute atomic E-state index is 12.2. The number of carboxylic acids is 3. The number of carbonyl (C=O) groups is 5. The van der Waals surface area contributed by atoms with Crippen molar-refractivity contribution in [2.24, 2.45) is 5.92 Å². The number of carbonyl (C=O) groups excluding carboxylic acids is 2. The van der Waals surface area contributed by atoms with Gasteiger partial charge in [0.2, 0.25) is 11.8 Å². The Hall–Kier alpha value is -4.07. The van der Waals surface area contributed by atoms with Crippen molar-refractivity contribution >= 4 is 29.7 Å². The number of rotatable bonds is 24. The van der Waals surface area contributed by atoms with Crippen LogP contribution in [0.5, 0.6) is 5.75 Å². The highest BCUT2D eigenvalue weighted by Gasteiger charge is 2.21. The Morgan fingerprint density at radius 3 is 1.93 bits per heavy atom. The van der Waals surface area contributed by atoms with Gasteiger partial charge < -0.3 is 30.7 Å². The second-order valence-corrected chi connectivity index (χ2v) is 10.2. The maximum Gasteiger partial charge on any atom is 0.335 e. The van der Waals surface area contributed by atoms with Crippen molar-refractivity contribution in [1.82, 2.24) is 10.6 Å². The standard InChI is InChI=1S/C31H44N2O9/c1-2-23(29(36)37)13-10-11-21-32-27(34)20-19-26(31(40)41)33-28(35)14-9-7-5-3-4-6-8-12-22-42-25-17-15-24(16-18-25)30(38)39/h1,15-18,23,26H,3-14,19-22H2,(H,32,34)(H,33,35)(H,36,37)(H,38,39)(H,40,41)/t23-,26-/m0/s1. The summed E-state index contributed by atoms with van der Waals surface area (Å²) in [5, 5.41) is 32.4. The first kappa shape index (κ1) is 36.0. The largest absolute Gasteiger partial charge is 0.494 e. The first-order chi connectivity index (χ1) is 20.1. The number of unbranched alkanes of at least 4 members (excludes halogenated alkanes) is 8. The van der Waals surface area contributed by atoms with Gasteiger partial charge in [0, 0.05) is 19.4 Å². The molecule has 0 spiro atoms. The molecule has 0 bridgehead atoms. The zero-order valence-electron chi connectivity index (χ0n) is 24.1. The Labute approximate surface area is 247 Å². The van der Waals surface area contributed by atoms with E-state index in [4.69, 9.17) is 21.4 Å². The Balaban J connectivity index is 2.05. The summed E-state index contributed by atoms with van der Waals surface area (Å²) in [4.78, 5) is 57.4. The van der Waals surface area contributed by atoms with Crippen LogP contribution in [-0.4, -0.2) is 64.2 Å². The van der Waals surface area contributed by atoms with Crippen molar-refractivity contribution in [3.05, 3.63) is 29.8 Å². The Morgan fingerprint density at radius 2 is 1.36 bits per heavy atom. The van der Waals surface area contributed by atoms with Crippen LogP contribution in [0.3, 0.4) is 0 Å². The zero-order chi connectivity index (χ0) is 31.2. The number of benzene rings is 1. The van der Waals surface area contributed by atoms with E-state index in [1.54, 1.807) is 12.1 Å². The predicted molar refractivity (Wildman–Crippen MR) is 156 cm³/mol. The lowest BCUT2D eigenvalue weighted by Gasteiger charge is -2.14. The lowest BCUT2D eigenvalue weighted by Crippen LogP contribution is -2.41. The van der Waals surface area contributed by atoms with E-state index in [1.807, 2.05) is 0 Å². The van der Waals surface area contributed by atoms with Crippen LogP contribution in [0.1, 0.15) is 100 Å². The average molecular weight is 589 g/mol. The van der Waals surface area contributed by atoms with Crippen molar-refractivity contribution in [3.63, 3.8) is 0 Å². The maximum atomic E-state index is 12.2. The third-order valence-corrected chi connectivity index (χ3v) is 6.70. The van der Waals surface area contributed by atoms with E-state index < -0.39 is 29.9 Å². The van der Waals surface area contributed by atoms with E-state index >= 15 is 0 Å². The van der Waals surface area contributed by atoms with Crippen LogP contribution >= 0.6 is 0 Å². The normalized spacial score (nSPS) is 12.0. The number of nitrogens with one attached hydrogen (secondary N) is 2. The minimum atomic E-state index is -1.19. The molecule has 1 aromatic rings. The van der Waals surface area contributed by atoms with Gasteiger partial charge in [-0.2, -0.15) is 0 Å². The number of ether oxygens (including phenoxy) is 1. The first-order valence-corrected chi connectivity index (χ1v) is 14.6. The molecular formula is C31H44N2O9. The highest BCUT2D eigenvalue weighted by atomic mass is 16.5. The summed E-state index contributed by atoms with van der Waals surface area (Å²) >= 11 is 0. The zero-order valence-corrected chi connectivity index (χ0v) is 24.1. The SMILES string of the molecule is C#C[C@@H](CCCCNC(=O)CC[C@H](NC(=O)CCCCCCCCCCOc1ccc(C(=O)O)cc1)C(=O)O)C(=O)O. The Bertz CT molecular complexity index is 1030. The van der Waals surface area contributed by atoms with Crippen LogP contribution in [0.15, 0.2) is 24.3 Å². The second-order valence-electron chi connectivity index (χ2n) is 10.2. The number of hydrogen-bond acceptors (Lipinski definition) is 6. The third-order valence-electron chi connectivity index (χ3n) is 6.70. The van der Waals surface area contributed by atoms with E-state index in [1.165, 1.54) is 12.1 Å². The Morgan fingerprint density at radius 1 is 0.738 bits per heavy atom. The summed E-state index contributed by atoms with van der Waals surface area (Å²) in [5.74, 6) is -1.85. The van der Waals surface area contributed by atoms with Gasteiger partial charge in [-0.15, -0.1) is 6.42 Å². The number of aliphatic carboxylic acids is 2. The van der Waals surface area contributed by atoms with Crippen molar-refractivity contribution in [1.29, 1.82) is 0 Å². The van der Waals surface area contributed by atoms with E-state index in [0.29, 0.717) is 44.6 Å². The summed E-state index contributed by atoms with van der Waals surface area (Å²) in [6.07, 6.45) is 14.4. The molecule has 0 aliphatic rings. The molecule has 0 radical (unpaired) electrons. The molecule has 5 N–H and O–H groups in total. The number of aromatic carboxylic acids is 1. The molecule has 2 atom stereocenters. The number of carboxylic acid groups (broad SMARTS) is 3. The van der Waals surface area contributed by atoms with Crippen molar-refractivity contribution in [3.8, 4) is 18.1 Å². The molecule has 0 fully saturated rings. The Kier molecular flexibility index (Phi) is 18.5. The molecular weight excluding hydrogens is 544 g/mol. The topological polar surface area (TPSA) is 179 Å². The fraction of sp³-hybridized carbons (Fsp3) is 0.581. The molecule has 42 heavy (non-hydrogen) atoms. The number of hydrogen-bond donors (Lipinski definition) is 5. The van der Waals surface area contributed by atoms with Crippen LogP contribution in [0.4, 0.5) is 0 Å². The minimum absolute atomic E-state index is 0.0207. The molecule has 1 aromatic carbocycles. The molecule has 232 valence electrons. The van der Waals surface area contributed by atoms with E-state index in [-0.39, 0.29) is 36.6 Å². The van der Waals surface area contributed by atoms with Gasteiger partial charge in [-0.3, -0.25) is 14.4 Å². The predicted octanol–water partition coefficient (Wildman–Crippen LogP) is 4.24. The van der Waals surface area contributed by atoms with Crippen LogP contribution < -0.4 is 15.4 Å². The van der Waals surface area contributed by atoms with Crippen LogP contribution in [0, 0.1) is 18.3 Å². The summed E-state index contributed by atoms with van der Waals surface area (Å²) in [5.41, 5.74) is 0.228. The van der Waals surface area contributed by atoms with Gasteiger partial charge in [0.25, 0.3) is 0 Å². The second kappa shape index (κ2) is 21.6. The van der Waals surface area contributed by atoms with Gasteiger partial charge in [0.05, 0.1) is 12.2 Å². The van der Waals surface area contributed by atoms with E-state index in [2.05, 4.69) is 16.6 Å². The molecule has 0 aliphatic carbocycles. The average Bonchev–Trinajstić information content (AvgIpc) is 2.95. The summed E-state index contributed by atoms with van der Waals surface area (Å²) in [6.45, 7) is 0.911. The lowest BCUT2D eigenvalue weighted by atomic mass is 10.0. The molecule has 0 unspecified atom stereocenters. The van der Waals surface area contributed by atoms with Gasteiger partial charge in [-0.1, -0.05) is 44.4 Å². The molecule has 0 heterocycles. The fourth-order valence-electron chi connectivity index (χ4n) is 4.20. The van der Waals surface area contributed by atoms with Gasteiger partial charge >= 0.3 is 17.9 Å². The lowest BCUT2D eigenvalue weighted by molar-refractivity contribution is -0.142. The molecule has 0 saturated heterocycles. The number of amides is 2. The molecule has 1 rings (SSSR count). The quantitative estimate of drug-likeness (QED) is 0.0872. The van der Waals surface area contributed by atoms with Crippen molar-refractivity contribution in [2.75, 3.05) is 13.2 Å². The van der Waals surface area contributed by atoms with Crippen LogP contribution in [-0.2, 0) is 19.2 Å². The van der Waals surface area contributed by atoms with Crippen molar-refractivity contribution < 1.29 is 44.0 Å². The monoisotopic (exact) mass is 588 g/mol. The minimum Gasteiger partial charge on any atom is -0.494 e. The van der Waals surface area contributed by atoms with Crippen LogP contribution in [0.25, 0.3) is 0 Å². The van der Waals surface area contributed by atoms with E-state index in [9.17, 15) is 29.1 Å². The summed E-state index contributed by atoms with van der Waals surface area (Å²) in [6, 6.07) is 5.20. The molecule has 2 amide bonds. The number of terminal acetylenes is 1. The third kappa shape index (κ3) is 16.9. The van der Waals surface area contributed by atoms with Crippen LogP contribution in [0.2, 0.25) is 0 Å². The van der Waals surface area contributed by atoms with Gasteiger partial charge in [-0.05, 0) is 62.8 Å². The van der Waals surface area contributed by atoms with Gasteiger partial charge in [0.1, 0.15) is 17.7 Å². The van der Waals surface area contributed by atoms with Gasteiger partial charge in [-0.25, -0.2) is 9.59 Å². The first-order valence-electron chi connectivity index (χ1n) is 14.6. The fourth-order valence-corrected chi connectivity index (χ4v) is 4.20. The smallest absolute Gasteiger partial charge is 0.335 e. The highest BCUT2D eigenvalue weighted by molar-refractivity contribution is 5.87.